The van der Waals surface area contributed by atoms with E-state index >= 15 is 0 Å². The van der Waals surface area contributed by atoms with Crippen molar-refractivity contribution in [1.29, 1.82) is 0 Å². The molecule has 0 fully saturated rings. The topological polar surface area (TPSA) is 12.0 Å². The molecule has 3 rings (SSSR count). The summed E-state index contributed by atoms with van der Waals surface area (Å²) in [5.41, 5.74) is 4.02. The Morgan fingerprint density at radius 3 is 2.30 bits per heavy atom. The van der Waals surface area contributed by atoms with E-state index in [4.69, 9.17) is 23.2 Å². The summed E-state index contributed by atoms with van der Waals surface area (Å²) < 4.78 is 0. The first kappa shape index (κ1) is 13.9. The summed E-state index contributed by atoms with van der Waals surface area (Å²) in [4.78, 5) is 0. The lowest BCUT2D eigenvalue weighted by molar-refractivity contribution is 0.467. The largest absolute Gasteiger partial charge is 0.307 e. The molecule has 1 nitrogen and oxygen atoms in total. The first-order chi connectivity index (χ1) is 9.63. The zero-order valence-corrected chi connectivity index (χ0v) is 12.9. The molecule has 1 unspecified atom stereocenters. The van der Waals surface area contributed by atoms with Crippen molar-refractivity contribution in [2.45, 2.75) is 31.8 Å². The number of hydrogen-bond acceptors (Lipinski definition) is 1. The molecule has 104 valence electrons. The maximum atomic E-state index is 6.27. The van der Waals surface area contributed by atoms with Crippen LogP contribution >= 0.6 is 23.2 Å². The summed E-state index contributed by atoms with van der Waals surface area (Å²) >= 11 is 12.2. The maximum Gasteiger partial charge on any atom is 0.0468 e. The van der Waals surface area contributed by atoms with Gasteiger partial charge in [0.05, 0.1) is 0 Å². The van der Waals surface area contributed by atoms with Crippen LogP contribution in [0.3, 0.4) is 0 Å². The lowest BCUT2D eigenvalue weighted by atomic mass is 10.1. The maximum absolute atomic E-state index is 6.27. The van der Waals surface area contributed by atoms with Crippen molar-refractivity contribution in [3.63, 3.8) is 0 Å². The SMILES string of the molecule is CC(NC1Cc2ccccc2C1)c1ccc(Cl)cc1Cl. The summed E-state index contributed by atoms with van der Waals surface area (Å²) in [6.45, 7) is 2.15. The van der Waals surface area contributed by atoms with Crippen molar-refractivity contribution < 1.29 is 0 Å². The van der Waals surface area contributed by atoms with E-state index in [-0.39, 0.29) is 6.04 Å². The van der Waals surface area contributed by atoms with Crippen molar-refractivity contribution in [2.24, 2.45) is 0 Å². The van der Waals surface area contributed by atoms with Gasteiger partial charge in [0.2, 0.25) is 0 Å². The van der Waals surface area contributed by atoms with Crippen LogP contribution in [0.2, 0.25) is 10.0 Å². The van der Waals surface area contributed by atoms with Crippen molar-refractivity contribution in [3.8, 4) is 0 Å². The quantitative estimate of drug-likeness (QED) is 0.858. The molecule has 1 aliphatic rings. The van der Waals surface area contributed by atoms with Crippen LogP contribution in [-0.4, -0.2) is 6.04 Å². The normalized spacial score (nSPS) is 16.1. The van der Waals surface area contributed by atoms with Crippen LogP contribution in [0.4, 0.5) is 0 Å². The fourth-order valence-corrected chi connectivity index (χ4v) is 3.54. The molecular weight excluding hydrogens is 289 g/mol. The molecule has 0 aliphatic heterocycles. The fraction of sp³-hybridized carbons (Fsp3) is 0.294. The second-order valence-electron chi connectivity index (χ2n) is 5.43. The average Bonchev–Trinajstić information content (AvgIpc) is 2.80. The Morgan fingerprint density at radius 2 is 1.70 bits per heavy atom. The van der Waals surface area contributed by atoms with Gasteiger partial charge in [-0.05, 0) is 48.6 Å². The molecule has 0 bridgehead atoms. The summed E-state index contributed by atoms with van der Waals surface area (Å²) in [5.74, 6) is 0. The number of nitrogens with one attached hydrogen (secondary N) is 1. The lowest BCUT2D eigenvalue weighted by Crippen LogP contribution is -2.32. The Morgan fingerprint density at radius 1 is 1.05 bits per heavy atom. The zero-order valence-electron chi connectivity index (χ0n) is 11.4. The highest BCUT2D eigenvalue weighted by Crippen LogP contribution is 2.28. The molecule has 1 atom stereocenters. The number of rotatable bonds is 3. The number of halogens is 2. The van der Waals surface area contributed by atoms with Gasteiger partial charge in [0, 0.05) is 22.1 Å². The minimum absolute atomic E-state index is 0.221. The molecule has 1 N–H and O–H groups in total. The van der Waals surface area contributed by atoms with Gasteiger partial charge in [0.1, 0.15) is 0 Å². The van der Waals surface area contributed by atoms with E-state index in [0.29, 0.717) is 11.1 Å². The van der Waals surface area contributed by atoms with Gasteiger partial charge in [-0.2, -0.15) is 0 Å². The van der Waals surface area contributed by atoms with Crippen LogP contribution in [-0.2, 0) is 12.8 Å². The van der Waals surface area contributed by atoms with Crippen molar-refractivity contribution >= 4 is 23.2 Å². The molecule has 2 aromatic rings. The fourth-order valence-electron chi connectivity index (χ4n) is 2.97. The number of benzene rings is 2. The molecular formula is C17H17Cl2N. The molecule has 0 radical (unpaired) electrons. The third-order valence-electron chi connectivity index (χ3n) is 3.97. The Labute approximate surface area is 129 Å². The third-order valence-corrected chi connectivity index (χ3v) is 4.53. The van der Waals surface area contributed by atoms with Gasteiger partial charge in [0.25, 0.3) is 0 Å². The van der Waals surface area contributed by atoms with Crippen LogP contribution in [0.15, 0.2) is 42.5 Å². The van der Waals surface area contributed by atoms with Crippen molar-refractivity contribution in [1.82, 2.24) is 5.32 Å². The molecule has 2 aromatic carbocycles. The predicted octanol–water partition coefficient (Wildman–Crippen LogP) is 4.81. The van der Waals surface area contributed by atoms with Crippen LogP contribution in [0.5, 0.6) is 0 Å². The van der Waals surface area contributed by atoms with Crippen molar-refractivity contribution in [2.75, 3.05) is 0 Å². The average molecular weight is 306 g/mol. The minimum Gasteiger partial charge on any atom is -0.307 e. The van der Waals surface area contributed by atoms with Crippen molar-refractivity contribution in [3.05, 3.63) is 69.2 Å². The molecule has 0 heterocycles. The number of hydrogen-bond donors (Lipinski definition) is 1. The lowest BCUT2D eigenvalue weighted by Gasteiger charge is -2.20. The first-order valence-electron chi connectivity index (χ1n) is 6.91. The van der Waals surface area contributed by atoms with E-state index in [1.807, 2.05) is 12.1 Å². The van der Waals surface area contributed by atoms with Gasteiger partial charge in [-0.15, -0.1) is 0 Å². The molecule has 0 amide bonds. The molecule has 1 aliphatic carbocycles. The van der Waals surface area contributed by atoms with E-state index in [0.717, 1.165) is 23.4 Å². The molecule has 0 saturated carbocycles. The molecule has 0 saturated heterocycles. The van der Waals surface area contributed by atoms with E-state index < -0.39 is 0 Å². The highest BCUT2D eigenvalue weighted by molar-refractivity contribution is 6.35. The highest BCUT2D eigenvalue weighted by atomic mass is 35.5. The van der Waals surface area contributed by atoms with E-state index in [2.05, 4.69) is 36.5 Å². The number of fused-ring (bicyclic) bond motifs is 1. The van der Waals surface area contributed by atoms with E-state index in [1.165, 1.54) is 11.1 Å². The molecule has 0 spiro atoms. The Hall–Kier alpha value is -1.02. The van der Waals surface area contributed by atoms with Gasteiger partial charge >= 0.3 is 0 Å². The van der Waals surface area contributed by atoms with Gasteiger partial charge in [-0.25, -0.2) is 0 Å². The Bertz CT molecular complexity index is 599. The summed E-state index contributed by atoms with van der Waals surface area (Å²) in [6.07, 6.45) is 2.18. The van der Waals surface area contributed by atoms with E-state index in [1.54, 1.807) is 6.07 Å². The predicted molar refractivity (Wildman–Crippen MR) is 85.7 cm³/mol. The van der Waals surface area contributed by atoms with Crippen LogP contribution in [0, 0.1) is 0 Å². The Kier molecular flexibility index (Phi) is 4.02. The van der Waals surface area contributed by atoms with E-state index in [9.17, 15) is 0 Å². The third kappa shape index (κ3) is 2.85. The zero-order chi connectivity index (χ0) is 14.1. The molecule has 0 aromatic heterocycles. The first-order valence-corrected chi connectivity index (χ1v) is 7.67. The summed E-state index contributed by atoms with van der Waals surface area (Å²) in [6, 6.07) is 15.1. The van der Waals surface area contributed by atoms with Gasteiger partial charge in [-0.3, -0.25) is 0 Å². The minimum atomic E-state index is 0.221. The smallest absolute Gasteiger partial charge is 0.0468 e. The summed E-state index contributed by atoms with van der Waals surface area (Å²) in [7, 11) is 0. The standard InChI is InChI=1S/C17H17Cl2N/c1-11(16-7-6-14(18)10-17(16)19)20-15-8-12-4-2-3-5-13(12)9-15/h2-7,10-11,15,20H,8-9H2,1H3. The van der Waals surface area contributed by atoms with Crippen LogP contribution in [0.1, 0.15) is 29.7 Å². The monoisotopic (exact) mass is 305 g/mol. The highest BCUT2D eigenvalue weighted by Gasteiger charge is 2.23. The second-order valence-corrected chi connectivity index (χ2v) is 6.27. The van der Waals surface area contributed by atoms with Gasteiger partial charge < -0.3 is 5.32 Å². The van der Waals surface area contributed by atoms with Crippen LogP contribution in [0.25, 0.3) is 0 Å². The Balaban J connectivity index is 1.70. The summed E-state index contributed by atoms with van der Waals surface area (Å²) in [5, 5.41) is 5.08. The molecule has 3 heteroatoms. The molecule has 20 heavy (non-hydrogen) atoms. The van der Waals surface area contributed by atoms with Gasteiger partial charge in [-0.1, -0.05) is 53.5 Å². The second kappa shape index (κ2) is 5.77. The van der Waals surface area contributed by atoms with Gasteiger partial charge in [0.15, 0.2) is 0 Å². The van der Waals surface area contributed by atoms with Crippen LogP contribution < -0.4 is 5.32 Å².